The third kappa shape index (κ3) is 11.8. The second kappa shape index (κ2) is 20.0. The van der Waals surface area contributed by atoms with E-state index in [1.165, 1.54) is 0 Å². The average molecular weight is 901 g/mol. The molecule has 356 valence electrons. The van der Waals surface area contributed by atoms with Crippen LogP contribution in [0.15, 0.2) is 0 Å². The summed E-state index contributed by atoms with van der Waals surface area (Å²) >= 11 is 0. The highest BCUT2D eigenvalue weighted by Gasteiger charge is 2.59. The molecule has 6 aliphatic rings. The van der Waals surface area contributed by atoms with Crippen molar-refractivity contribution in [3.05, 3.63) is 0 Å². The molecule has 18 atom stereocenters. The van der Waals surface area contributed by atoms with Crippen molar-refractivity contribution in [3.63, 3.8) is 0 Å². The van der Waals surface area contributed by atoms with Crippen molar-refractivity contribution < 1.29 is 46.1 Å². The van der Waals surface area contributed by atoms with Crippen molar-refractivity contribution in [1.29, 1.82) is 0 Å². The molecule has 0 aromatic rings. The maximum atomic E-state index is 7.25. The summed E-state index contributed by atoms with van der Waals surface area (Å²) in [5.41, 5.74) is 0.0959. The van der Waals surface area contributed by atoms with Gasteiger partial charge in [0.1, 0.15) is 0 Å². The zero-order chi connectivity index (χ0) is 45.0. The van der Waals surface area contributed by atoms with E-state index in [1.54, 1.807) is 0 Å². The molecule has 0 aromatic heterocycles. The Labute approximate surface area is 375 Å². The average Bonchev–Trinajstić information content (AvgIpc) is 3.41. The molecule has 0 aromatic carbocycles. The van der Waals surface area contributed by atoms with Crippen LogP contribution in [-0.4, -0.2) is 89.5 Å². The Balaban J connectivity index is 1.24. The van der Waals surface area contributed by atoms with E-state index in [4.69, 9.17) is 46.1 Å². The van der Waals surface area contributed by atoms with Crippen molar-refractivity contribution in [2.45, 2.75) is 216 Å². The molecular weight excluding hydrogens is 810 g/mol. The predicted molar refractivity (Wildman–Crippen MR) is 245 cm³/mol. The number of fused-ring (bicyclic) bond motifs is 6. The molecule has 61 heavy (non-hydrogen) atoms. The molecule has 12 heteroatoms. The summed E-state index contributed by atoms with van der Waals surface area (Å²) in [6.45, 7) is 32.5. The van der Waals surface area contributed by atoms with Gasteiger partial charge in [-0.25, -0.2) is 0 Å². The van der Waals surface area contributed by atoms with Gasteiger partial charge in [-0.05, 0) is 134 Å². The largest absolute Gasteiger partial charge is 0.381 e. The lowest BCUT2D eigenvalue weighted by Gasteiger charge is -2.51. The lowest BCUT2D eigenvalue weighted by Crippen LogP contribution is -2.53. The van der Waals surface area contributed by atoms with Gasteiger partial charge in [0, 0.05) is 34.9 Å². The molecule has 0 bridgehead atoms. The molecular formula is C49H90O10P2. The first-order valence-corrected chi connectivity index (χ1v) is 26.3. The van der Waals surface area contributed by atoms with E-state index in [-0.39, 0.29) is 106 Å². The van der Waals surface area contributed by atoms with Gasteiger partial charge in [-0.1, -0.05) is 83.1 Å². The lowest BCUT2D eigenvalue weighted by molar-refractivity contribution is -0.120. The molecule has 6 rings (SSSR count). The van der Waals surface area contributed by atoms with Gasteiger partial charge in [0.15, 0.2) is 0 Å². The molecule has 4 aliphatic carbocycles. The van der Waals surface area contributed by atoms with E-state index in [1.807, 2.05) is 28.4 Å². The van der Waals surface area contributed by atoms with Crippen LogP contribution in [0.5, 0.6) is 0 Å². The Morgan fingerprint density at radius 3 is 0.787 bits per heavy atom. The van der Waals surface area contributed by atoms with Crippen molar-refractivity contribution >= 4 is 17.2 Å². The fourth-order valence-electron chi connectivity index (χ4n) is 12.8. The predicted octanol–water partition coefficient (Wildman–Crippen LogP) is 12.6. The summed E-state index contributed by atoms with van der Waals surface area (Å²) in [5, 5.41) is 0. The van der Waals surface area contributed by atoms with Crippen LogP contribution in [0.3, 0.4) is 0 Å². The van der Waals surface area contributed by atoms with Crippen LogP contribution in [0.1, 0.15) is 155 Å². The van der Waals surface area contributed by atoms with E-state index >= 15 is 0 Å². The quantitative estimate of drug-likeness (QED) is 0.197. The molecule has 16 unspecified atom stereocenters. The smallest absolute Gasteiger partial charge is 0.333 e. The standard InChI is InChI=1S/C49H90O10P2/c1-28(54-60-56-42-34(20-30(50-15)24-38(42)46(3,4)5)35-21-31(51-16)25-39(43(35)57-60)47(6,7)8)19-29(2)55-61-58-44-36(22-32(52-17)26-40(44)48(9,10)11)37-23-33(53-18)27-41(45(37)59-61)49(12,13)14/h28-45H,19-27H2,1-18H3/t28-,29-,30?,31?,32?,33?,34?,35?,36?,37?,38?,39?,40?,41?,42?,43?,44?,45?,60?,61?/m1/s1. The number of hydrogen-bond acceptors (Lipinski definition) is 10. The highest BCUT2D eigenvalue weighted by Crippen LogP contribution is 2.63. The molecule has 2 aliphatic heterocycles. The molecule has 0 radical (unpaired) electrons. The van der Waals surface area contributed by atoms with Crippen LogP contribution in [0.25, 0.3) is 0 Å². The third-order valence-corrected chi connectivity index (χ3v) is 19.1. The minimum Gasteiger partial charge on any atom is -0.381 e. The third-order valence-electron chi connectivity index (χ3n) is 16.4. The second-order valence-corrected chi connectivity index (χ2v) is 26.8. The van der Waals surface area contributed by atoms with Gasteiger partial charge >= 0.3 is 17.2 Å². The minimum absolute atomic E-state index is 0.00895. The molecule has 4 saturated carbocycles. The Kier molecular flexibility index (Phi) is 16.7. The van der Waals surface area contributed by atoms with E-state index in [9.17, 15) is 0 Å². The van der Waals surface area contributed by atoms with Crippen molar-refractivity contribution in [3.8, 4) is 0 Å². The minimum atomic E-state index is -1.65. The molecule has 2 saturated heterocycles. The topological polar surface area (TPSA) is 92.3 Å². The van der Waals surface area contributed by atoms with Gasteiger partial charge in [0.05, 0.1) is 61.0 Å². The fourth-order valence-corrected chi connectivity index (χ4v) is 15.9. The molecule has 2 heterocycles. The van der Waals surface area contributed by atoms with Crippen LogP contribution in [0.2, 0.25) is 0 Å². The van der Waals surface area contributed by atoms with Crippen molar-refractivity contribution in [2.75, 3.05) is 28.4 Å². The first-order chi connectivity index (χ1) is 28.4. The second-order valence-electron chi connectivity index (χ2n) is 24.7. The van der Waals surface area contributed by atoms with Crippen LogP contribution in [-0.2, 0) is 46.1 Å². The highest BCUT2D eigenvalue weighted by molar-refractivity contribution is 7.42. The number of rotatable bonds is 10. The van der Waals surface area contributed by atoms with Crippen LogP contribution < -0.4 is 0 Å². The van der Waals surface area contributed by atoms with Crippen LogP contribution in [0.4, 0.5) is 0 Å². The molecule has 6 fully saturated rings. The number of hydrogen-bond donors (Lipinski definition) is 0. The van der Waals surface area contributed by atoms with E-state index in [0.29, 0.717) is 30.1 Å². The monoisotopic (exact) mass is 901 g/mol. The summed E-state index contributed by atoms with van der Waals surface area (Å²) in [4.78, 5) is 0. The highest BCUT2D eigenvalue weighted by atomic mass is 31.2. The summed E-state index contributed by atoms with van der Waals surface area (Å²) in [6.07, 6.45) is 8.84. The Bertz CT molecular complexity index is 1200. The maximum absolute atomic E-state index is 7.25. The van der Waals surface area contributed by atoms with Gasteiger partial charge in [-0.15, -0.1) is 0 Å². The Morgan fingerprint density at radius 1 is 0.393 bits per heavy atom. The first kappa shape index (κ1) is 50.9. The molecule has 0 amide bonds. The van der Waals surface area contributed by atoms with Crippen molar-refractivity contribution in [1.82, 2.24) is 0 Å². The normalized spacial score (nSPS) is 43.8. The first-order valence-electron chi connectivity index (χ1n) is 24.1. The van der Waals surface area contributed by atoms with Gasteiger partial charge < -0.3 is 46.1 Å². The summed E-state index contributed by atoms with van der Waals surface area (Å²) in [5.74, 6) is 2.35. The summed E-state index contributed by atoms with van der Waals surface area (Å²) in [6, 6.07) is 0. The van der Waals surface area contributed by atoms with E-state index in [2.05, 4.69) is 96.9 Å². The molecule has 0 N–H and O–H groups in total. The van der Waals surface area contributed by atoms with E-state index < -0.39 is 17.2 Å². The van der Waals surface area contributed by atoms with E-state index in [0.717, 1.165) is 51.4 Å². The lowest BCUT2D eigenvalue weighted by atomic mass is 9.57. The maximum Gasteiger partial charge on any atom is 0.333 e. The van der Waals surface area contributed by atoms with Crippen LogP contribution in [0, 0.1) is 69.0 Å². The Hall–Kier alpha value is 0.460. The zero-order valence-electron chi connectivity index (χ0n) is 41.7. The van der Waals surface area contributed by atoms with Gasteiger partial charge in [-0.2, -0.15) is 0 Å². The zero-order valence-corrected chi connectivity index (χ0v) is 43.5. The van der Waals surface area contributed by atoms with Gasteiger partial charge in [-0.3, -0.25) is 0 Å². The molecule has 10 nitrogen and oxygen atoms in total. The summed E-state index contributed by atoms with van der Waals surface area (Å²) < 4.78 is 67.6. The number of methoxy groups -OCH3 is 4. The fraction of sp³-hybridized carbons (Fsp3) is 1.00. The van der Waals surface area contributed by atoms with Crippen molar-refractivity contribution in [2.24, 2.45) is 69.0 Å². The van der Waals surface area contributed by atoms with Gasteiger partial charge in [0.25, 0.3) is 0 Å². The number of ether oxygens (including phenoxy) is 4. The van der Waals surface area contributed by atoms with Crippen LogP contribution >= 0.6 is 17.2 Å². The summed E-state index contributed by atoms with van der Waals surface area (Å²) in [7, 11) is 4.20. The molecule has 0 spiro atoms. The van der Waals surface area contributed by atoms with Gasteiger partial charge in [0.2, 0.25) is 0 Å². The SMILES string of the molecule is COC1CC2C3CC(OC)CC(C(C)(C)C)C3OP(O[C@H](C)C[C@@H](C)OP3OC4C(CC(OC)CC4C(C)(C)C)C4CC(OC)CC(C(C)(C)C)C4O3)OC2C(C(C)(C)C)C1. The Morgan fingerprint density at radius 2 is 0.607 bits per heavy atom.